The van der Waals surface area contributed by atoms with E-state index in [0.717, 1.165) is 30.7 Å². The van der Waals surface area contributed by atoms with Gasteiger partial charge in [0, 0.05) is 37.4 Å². The minimum Gasteiger partial charge on any atom is -0.427 e. The van der Waals surface area contributed by atoms with Crippen molar-refractivity contribution in [2.75, 3.05) is 31.1 Å². The van der Waals surface area contributed by atoms with Gasteiger partial charge in [-0.2, -0.15) is 0 Å². The molecule has 0 aromatic heterocycles. The van der Waals surface area contributed by atoms with Crippen molar-refractivity contribution in [3.8, 4) is 0 Å². The molecule has 3 saturated heterocycles. The number of carbonyl (C=O) groups excluding carboxylic acids is 2. The lowest BCUT2D eigenvalue weighted by Crippen LogP contribution is -2.45. The molecule has 4 aliphatic rings. The molecule has 7 nitrogen and oxygen atoms in total. The lowest BCUT2D eigenvalue weighted by molar-refractivity contribution is -0.166. The van der Waals surface area contributed by atoms with Crippen LogP contribution in [0.2, 0.25) is 0 Å². The van der Waals surface area contributed by atoms with Gasteiger partial charge in [-0.3, -0.25) is 9.69 Å². The molecule has 1 saturated carbocycles. The van der Waals surface area contributed by atoms with E-state index in [1.165, 1.54) is 44.2 Å². The summed E-state index contributed by atoms with van der Waals surface area (Å²) in [4.78, 5) is 35.6. The molecule has 1 aliphatic carbocycles. The minimum atomic E-state index is -0.679. The number of likely N-dealkylation sites (tertiary alicyclic amines) is 1. The molecule has 198 valence electrons. The zero-order valence-electron chi connectivity index (χ0n) is 22.5. The summed E-state index contributed by atoms with van der Waals surface area (Å²) in [5.41, 5.74) is 1.49. The molecular weight excluding hydrogens is 454 g/mol. The van der Waals surface area contributed by atoms with Crippen LogP contribution in [0.5, 0.6) is 0 Å². The monoisotopic (exact) mass is 497 g/mol. The Balaban J connectivity index is 1.15. The second-order valence-electron chi connectivity index (χ2n) is 12.5. The Labute approximate surface area is 216 Å². The van der Waals surface area contributed by atoms with Crippen molar-refractivity contribution in [3.05, 3.63) is 29.8 Å². The Hall–Kier alpha value is -2.12. The summed E-state index contributed by atoms with van der Waals surface area (Å²) in [6, 6.07) is 10.3. The van der Waals surface area contributed by atoms with Crippen LogP contribution in [0, 0.1) is 5.41 Å². The van der Waals surface area contributed by atoms with E-state index in [1.807, 2.05) is 25.7 Å². The van der Waals surface area contributed by atoms with Crippen molar-refractivity contribution >= 4 is 17.7 Å². The number of hydrogen-bond acceptors (Lipinski definition) is 6. The number of hydroxylamine groups is 2. The molecule has 1 amide bonds. The number of amides is 1. The van der Waals surface area contributed by atoms with Gasteiger partial charge in [0.05, 0.1) is 5.41 Å². The molecule has 3 heterocycles. The molecule has 4 fully saturated rings. The highest BCUT2D eigenvalue weighted by Crippen LogP contribution is 2.44. The number of hydrogen-bond donors (Lipinski definition) is 0. The first-order valence-corrected chi connectivity index (χ1v) is 14.0. The number of nitrogens with zero attached hydrogens (tertiary/aromatic N) is 3. The van der Waals surface area contributed by atoms with Gasteiger partial charge in [0.15, 0.2) is 0 Å². The van der Waals surface area contributed by atoms with Gasteiger partial charge < -0.3 is 14.5 Å². The molecule has 5 rings (SSSR count). The Bertz CT molecular complexity index is 948. The summed E-state index contributed by atoms with van der Waals surface area (Å²) in [6.07, 6.45) is 8.08. The highest BCUT2D eigenvalue weighted by atomic mass is 16.8. The van der Waals surface area contributed by atoms with Crippen LogP contribution in [0.15, 0.2) is 24.3 Å². The maximum Gasteiger partial charge on any atom is 0.528 e. The number of piperidine rings is 1. The highest BCUT2D eigenvalue weighted by molar-refractivity contribution is 6.00. The third-order valence-electron chi connectivity index (χ3n) is 8.94. The van der Waals surface area contributed by atoms with Crippen molar-refractivity contribution in [1.82, 2.24) is 9.96 Å². The van der Waals surface area contributed by atoms with Crippen LogP contribution in [-0.4, -0.2) is 65.9 Å². The van der Waals surface area contributed by atoms with Crippen LogP contribution in [0.25, 0.3) is 0 Å². The Morgan fingerprint density at radius 1 is 0.972 bits per heavy atom. The van der Waals surface area contributed by atoms with Gasteiger partial charge in [-0.25, -0.2) is 4.79 Å². The number of ether oxygens (including phenoxy) is 1. The average molecular weight is 498 g/mol. The largest absolute Gasteiger partial charge is 0.528 e. The Kier molecular flexibility index (Phi) is 7.07. The second kappa shape index (κ2) is 9.97. The summed E-state index contributed by atoms with van der Waals surface area (Å²) >= 11 is 0. The number of benzene rings is 1. The normalized spacial score (nSPS) is 29.3. The molecule has 0 radical (unpaired) electrons. The van der Waals surface area contributed by atoms with Crippen molar-refractivity contribution in [2.24, 2.45) is 5.41 Å². The maximum atomic E-state index is 13.5. The van der Waals surface area contributed by atoms with Gasteiger partial charge >= 0.3 is 6.16 Å². The summed E-state index contributed by atoms with van der Waals surface area (Å²) in [7, 11) is 0. The van der Waals surface area contributed by atoms with Gasteiger partial charge in [0.25, 0.3) is 0 Å². The predicted octanol–water partition coefficient (Wildman–Crippen LogP) is 5.49. The van der Waals surface area contributed by atoms with Crippen LogP contribution in [0.1, 0.15) is 90.5 Å². The fraction of sp³-hybridized carbons (Fsp3) is 0.724. The van der Waals surface area contributed by atoms with E-state index in [0.29, 0.717) is 31.8 Å². The second-order valence-corrected chi connectivity index (χ2v) is 12.5. The first kappa shape index (κ1) is 25.5. The van der Waals surface area contributed by atoms with E-state index >= 15 is 0 Å². The molecule has 3 atom stereocenters. The quantitative estimate of drug-likeness (QED) is 0.513. The molecule has 3 aliphatic heterocycles. The molecule has 1 spiro atoms. The summed E-state index contributed by atoms with van der Waals surface area (Å²) in [5.74, 6) is 0.850. The molecular formula is C29H43N3O4. The first-order valence-electron chi connectivity index (χ1n) is 14.0. The fourth-order valence-corrected chi connectivity index (χ4v) is 6.90. The topological polar surface area (TPSA) is 62.3 Å². The molecule has 1 aromatic carbocycles. The van der Waals surface area contributed by atoms with Crippen molar-refractivity contribution in [1.29, 1.82) is 0 Å². The lowest BCUT2D eigenvalue weighted by atomic mass is 9.77. The van der Waals surface area contributed by atoms with Gasteiger partial charge in [-0.15, -0.1) is 5.06 Å². The number of rotatable bonds is 4. The van der Waals surface area contributed by atoms with Gasteiger partial charge in [-0.05, 0) is 109 Å². The molecule has 1 aromatic rings. The number of anilines is 1. The zero-order valence-corrected chi connectivity index (χ0v) is 22.5. The van der Waals surface area contributed by atoms with Crippen LogP contribution < -0.4 is 4.90 Å². The van der Waals surface area contributed by atoms with E-state index in [9.17, 15) is 9.59 Å². The van der Waals surface area contributed by atoms with Crippen molar-refractivity contribution in [3.63, 3.8) is 0 Å². The number of carbonyl (C=O) groups is 2. The smallest absolute Gasteiger partial charge is 0.427 e. The van der Waals surface area contributed by atoms with Gasteiger partial charge in [0.1, 0.15) is 5.60 Å². The highest BCUT2D eigenvalue weighted by Gasteiger charge is 2.49. The third-order valence-corrected chi connectivity index (χ3v) is 8.94. The Morgan fingerprint density at radius 3 is 2.31 bits per heavy atom. The summed E-state index contributed by atoms with van der Waals surface area (Å²) in [5, 5.41) is 1.64. The van der Waals surface area contributed by atoms with E-state index < -0.39 is 11.8 Å². The van der Waals surface area contributed by atoms with E-state index in [1.54, 1.807) is 5.06 Å². The molecule has 3 unspecified atom stereocenters. The van der Waals surface area contributed by atoms with Crippen molar-refractivity contribution in [2.45, 2.75) is 103 Å². The summed E-state index contributed by atoms with van der Waals surface area (Å²) in [6.45, 7) is 11.0. The minimum absolute atomic E-state index is 0.219. The van der Waals surface area contributed by atoms with Crippen LogP contribution in [0.3, 0.4) is 0 Å². The standard InChI is InChI=1S/C29H43N3O4/c1-21-6-5-16-31(21)25-12-9-23(20-25)22-7-10-24(11-8-22)32-19-15-29(26(32)33)13-17-30(18-14-29)36-27(34)35-28(2,3)4/h7-8,10-11,21,23,25H,5-6,9,12-20H2,1-4H3. The van der Waals surface area contributed by atoms with E-state index in [-0.39, 0.29) is 11.3 Å². The van der Waals surface area contributed by atoms with E-state index in [4.69, 9.17) is 9.57 Å². The molecule has 0 bridgehead atoms. The molecule has 0 N–H and O–H groups in total. The third kappa shape index (κ3) is 5.28. The van der Waals surface area contributed by atoms with Crippen LogP contribution in [0.4, 0.5) is 10.5 Å². The van der Waals surface area contributed by atoms with Gasteiger partial charge in [-0.1, -0.05) is 12.1 Å². The zero-order chi connectivity index (χ0) is 25.5. The fourth-order valence-electron chi connectivity index (χ4n) is 6.90. The van der Waals surface area contributed by atoms with Gasteiger partial charge in [0.2, 0.25) is 5.91 Å². The maximum absolute atomic E-state index is 13.5. The van der Waals surface area contributed by atoms with E-state index in [2.05, 4.69) is 36.1 Å². The molecule has 36 heavy (non-hydrogen) atoms. The van der Waals surface area contributed by atoms with Crippen molar-refractivity contribution < 1.29 is 19.2 Å². The summed E-state index contributed by atoms with van der Waals surface area (Å²) < 4.78 is 5.26. The Morgan fingerprint density at radius 2 is 1.67 bits per heavy atom. The first-order chi connectivity index (χ1) is 17.1. The lowest BCUT2D eigenvalue weighted by Gasteiger charge is -2.36. The van der Waals surface area contributed by atoms with Crippen LogP contribution >= 0.6 is 0 Å². The van der Waals surface area contributed by atoms with Crippen LogP contribution in [-0.2, 0) is 14.4 Å². The average Bonchev–Trinajstić information content (AvgIpc) is 3.54. The predicted molar refractivity (Wildman–Crippen MR) is 140 cm³/mol. The SMILES string of the molecule is CC1CCCN1C1CCC(c2ccc(N3CCC4(CCN(OC(=O)OC(C)(C)C)CC4)C3=O)cc2)C1. The molecule has 7 heteroatoms.